The second-order valence-corrected chi connectivity index (χ2v) is 7.14. The van der Waals surface area contributed by atoms with Crippen LogP contribution in [0.2, 0.25) is 5.02 Å². The number of hydrogen-bond acceptors (Lipinski definition) is 6. The van der Waals surface area contributed by atoms with Crippen LogP contribution in [0.1, 0.15) is 6.92 Å². The first-order chi connectivity index (χ1) is 13.6. The molecule has 0 aliphatic rings. The number of carbonyl (C=O) groups is 1. The zero-order valence-electron chi connectivity index (χ0n) is 15.0. The number of para-hydroxylation sites is 1. The van der Waals surface area contributed by atoms with E-state index in [1.54, 1.807) is 48.5 Å². The smallest absolute Gasteiger partial charge is 0.186 e. The topological polar surface area (TPSA) is 59.9 Å². The van der Waals surface area contributed by atoms with Crippen molar-refractivity contribution in [3.05, 3.63) is 83.9 Å². The van der Waals surface area contributed by atoms with Crippen LogP contribution in [0.25, 0.3) is 0 Å². The van der Waals surface area contributed by atoms with Gasteiger partial charge in [0.15, 0.2) is 22.3 Å². The number of ketones is 1. The molecule has 0 saturated carbocycles. The van der Waals surface area contributed by atoms with Crippen molar-refractivity contribution in [1.29, 1.82) is 0 Å². The molecule has 0 spiro atoms. The summed E-state index contributed by atoms with van der Waals surface area (Å²) < 4.78 is 0. The van der Waals surface area contributed by atoms with Crippen molar-refractivity contribution >= 4 is 39.9 Å². The first-order valence-corrected chi connectivity index (χ1v) is 9.57. The van der Waals surface area contributed by atoms with Gasteiger partial charge in [-0.1, -0.05) is 41.6 Å². The number of hydrazone groups is 1. The van der Waals surface area contributed by atoms with Crippen molar-refractivity contribution in [3.8, 4) is 11.5 Å². The SMILES string of the molecule is CC(=O)/C(=N\Nc1ccc(OOc2ccccc2)cc1)Sc1ccc(Cl)cc1. The first-order valence-electron chi connectivity index (χ1n) is 8.38. The van der Waals surface area contributed by atoms with Crippen molar-refractivity contribution in [3.63, 3.8) is 0 Å². The van der Waals surface area contributed by atoms with E-state index in [2.05, 4.69) is 10.5 Å². The summed E-state index contributed by atoms with van der Waals surface area (Å²) in [7, 11) is 0. The predicted molar refractivity (Wildman–Crippen MR) is 113 cm³/mol. The fourth-order valence-corrected chi connectivity index (χ4v) is 2.92. The van der Waals surface area contributed by atoms with E-state index in [1.807, 2.05) is 30.3 Å². The molecule has 0 aliphatic heterocycles. The Labute approximate surface area is 172 Å². The van der Waals surface area contributed by atoms with E-state index in [9.17, 15) is 4.79 Å². The van der Waals surface area contributed by atoms with Gasteiger partial charge in [0.1, 0.15) is 0 Å². The van der Waals surface area contributed by atoms with Crippen molar-refractivity contribution in [2.45, 2.75) is 11.8 Å². The zero-order valence-corrected chi connectivity index (χ0v) is 16.5. The summed E-state index contributed by atoms with van der Waals surface area (Å²) >= 11 is 7.15. The molecule has 0 aliphatic carbocycles. The normalized spacial score (nSPS) is 11.0. The molecule has 3 rings (SSSR count). The minimum atomic E-state index is -0.135. The van der Waals surface area contributed by atoms with E-state index in [4.69, 9.17) is 21.4 Å². The fourth-order valence-electron chi connectivity index (χ4n) is 2.06. The molecule has 7 heteroatoms. The molecular formula is C21H17ClN2O3S. The standard InChI is InChI=1S/C21H17ClN2O3S/c1-15(25)21(28-20-13-7-16(22)8-14-20)24-23-17-9-11-19(12-10-17)27-26-18-5-3-2-4-6-18/h2-14,23H,1H3/b24-21+. The maximum absolute atomic E-state index is 11.9. The Morgan fingerprint density at radius 2 is 1.50 bits per heavy atom. The van der Waals surface area contributed by atoms with Crippen LogP contribution in [0.3, 0.4) is 0 Å². The van der Waals surface area contributed by atoms with Crippen molar-refractivity contribution in [1.82, 2.24) is 0 Å². The highest BCUT2D eigenvalue weighted by Crippen LogP contribution is 2.23. The summed E-state index contributed by atoms with van der Waals surface area (Å²) in [6.07, 6.45) is 0. The van der Waals surface area contributed by atoms with E-state index in [-0.39, 0.29) is 5.78 Å². The van der Waals surface area contributed by atoms with Gasteiger partial charge in [-0.2, -0.15) is 5.10 Å². The number of rotatable bonds is 7. The minimum absolute atomic E-state index is 0.135. The summed E-state index contributed by atoms with van der Waals surface area (Å²) in [5.41, 5.74) is 3.59. The Hall–Kier alpha value is -2.96. The highest BCUT2D eigenvalue weighted by Gasteiger charge is 2.09. The molecule has 1 N–H and O–H groups in total. The van der Waals surface area contributed by atoms with E-state index in [0.717, 1.165) is 4.90 Å². The Kier molecular flexibility index (Phi) is 6.94. The zero-order chi connectivity index (χ0) is 19.8. The van der Waals surface area contributed by atoms with Gasteiger partial charge in [-0.15, -0.1) is 0 Å². The van der Waals surface area contributed by atoms with Gasteiger partial charge in [-0.25, -0.2) is 0 Å². The average Bonchev–Trinajstić information content (AvgIpc) is 2.72. The lowest BCUT2D eigenvalue weighted by atomic mass is 10.3. The largest absolute Gasteiger partial charge is 0.292 e. The van der Waals surface area contributed by atoms with Gasteiger partial charge in [0.05, 0.1) is 5.69 Å². The van der Waals surface area contributed by atoms with Crippen LogP contribution >= 0.6 is 23.4 Å². The van der Waals surface area contributed by atoms with Gasteiger partial charge in [0, 0.05) is 16.8 Å². The van der Waals surface area contributed by atoms with Crippen LogP contribution < -0.4 is 15.2 Å². The molecule has 0 amide bonds. The number of Topliss-reactive ketones (excluding diaryl/α,β-unsaturated/α-hetero) is 1. The number of thioether (sulfide) groups is 1. The van der Waals surface area contributed by atoms with Gasteiger partial charge >= 0.3 is 0 Å². The minimum Gasteiger partial charge on any atom is -0.292 e. The number of nitrogens with zero attached hydrogens (tertiary/aromatic N) is 1. The molecule has 3 aromatic rings. The van der Waals surface area contributed by atoms with Crippen LogP contribution in [0.4, 0.5) is 5.69 Å². The molecule has 28 heavy (non-hydrogen) atoms. The highest BCUT2D eigenvalue weighted by atomic mass is 35.5. The van der Waals surface area contributed by atoms with E-state index < -0.39 is 0 Å². The second-order valence-electron chi connectivity index (χ2n) is 5.65. The maximum atomic E-state index is 11.9. The Bertz CT molecular complexity index is 946. The average molecular weight is 413 g/mol. The fraction of sp³-hybridized carbons (Fsp3) is 0.0476. The van der Waals surface area contributed by atoms with Crippen LogP contribution in [-0.4, -0.2) is 10.8 Å². The molecule has 0 bridgehead atoms. The van der Waals surface area contributed by atoms with Crippen LogP contribution in [-0.2, 0) is 4.79 Å². The number of benzene rings is 3. The Morgan fingerprint density at radius 1 is 0.893 bits per heavy atom. The lowest BCUT2D eigenvalue weighted by Crippen LogP contribution is -2.08. The van der Waals surface area contributed by atoms with Gasteiger partial charge in [-0.3, -0.25) is 20.0 Å². The summed E-state index contributed by atoms with van der Waals surface area (Å²) in [4.78, 5) is 23.2. The third-order valence-electron chi connectivity index (χ3n) is 3.45. The molecule has 0 saturated heterocycles. The molecule has 0 atom stereocenters. The van der Waals surface area contributed by atoms with E-state index in [1.165, 1.54) is 18.7 Å². The number of anilines is 1. The Balaban J connectivity index is 1.59. The highest BCUT2D eigenvalue weighted by molar-refractivity contribution is 8.15. The lowest BCUT2D eigenvalue weighted by molar-refractivity contribution is -0.110. The molecule has 0 radical (unpaired) electrons. The summed E-state index contributed by atoms with van der Waals surface area (Å²) in [6.45, 7) is 1.47. The molecule has 142 valence electrons. The van der Waals surface area contributed by atoms with E-state index >= 15 is 0 Å². The number of carbonyl (C=O) groups excluding carboxylic acids is 1. The number of halogens is 1. The molecular weight excluding hydrogens is 396 g/mol. The van der Waals surface area contributed by atoms with Gasteiger partial charge < -0.3 is 0 Å². The van der Waals surface area contributed by atoms with Crippen LogP contribution in [0, 0.1) is 0 Å². The molecule has 0 fully saturated rings. The molecule has 0 aromatic heterocycles. The second kappa shape index (κ2) is 9.82. The lowest BCUT2D eigenvalue weighted by Gasteiger charge is -2.07. The van der Waals surface area contributed by atoms with Crippen LogP contribution in [0.15, 0.2) is 88.9 Å². The van der Waals surface area contributed by atoms with Gasteiger partial charge in [0.25, 0.3) is 0 Å². The van der Waals surface area contributed by atoms with Crippen LogP contribution in [0.5, 0.6) is 11.5 Å². The van der Waals surface area contributed by atoms with Crippen molar-refractivity contribution < 1.29 is 14.6 Å². The molecule has 0 unspecified atom stereocenters. The molecule has 3 aromatic carbocycles. The van der Waals surface area contributed by atoms with Gasteiger partial charge in [-0.05, 0) is 60.7 Å². The molecule has 5 nitrogen and oxygen atoms in total. The third-order valence-corrected chi connectivity index (χ3v) is 4.78. The summed E-state index contributed by atoms with van der Waals surface area (Å²) in [6, 6.07) is 23.5. The number of nitrogens with one attached hydrogen (secondary N) is 1. The quantitative estimate of drug-likeness (QED) is 0.174. The predicted octanol–water partition coefficient (Wildman–Crippen LogP) is 5.82. The summed E-state index contributed by atoms with van der Waals surface area (Å²) in [5.74, 6) is 1.02. The monoisotopic (exact) mass is 412 g/mol. The first kappa shape index (κ1) is 19.8. The third kappa shape index (κ3) is 6.04. The van der Waals surface area contributed by atoms with Gasteiger partial charge in [0.2, 0.25) is 0 Å². The number of hydrogen-bond donors (Lipinski definition) is 1. The summed E-state index contributed by atoms with van der Waals surface area (Å²) in [5, 5.41) is 5.19. The maximum Gasteiger partial charge on any atom is 0.186 e. The van der Waals surface area contributed by atoms with E-state index in [0.29, 0.717) is 27.3 Å². The molecule has 0 heterocycles. The van der Waals surface area contributed by atoms with Crippen molar-refractivity contribution in [2.24, 2.45) is 5.10 Å². The Morgan fingerprint density at radius 3 is 2.11 bits per heavy atom. The van der Waals surface area contributed by atoms with Crippen molar-refractivity contribution in [2.75, 3.05) is 5.43 Å².